The molecule has 0 radical (unpaired) electrons. The van der Waals surface area contributed by atoms with Crippen LogP contribution in [0.5, 0.6) is 5.75 Å². The molecule has 0 fully saturated rings. The highest BCUT2D eigenvalue weighted by atomic mass is 32.2. The van der Waals surface area contributed by atoms with Crippen molar-refractivity contribution in [1.29, 1.82) is 0 Å². The molecule has 8 nitrogen and oxygen atoms in total. The van der Waals surface area contributed by atoms with E-state index >= 15 is 0 Å². The highest BCUT2D eigenvalue weighted by Crippen LogP contribution is 2.46. The van der Waals surface area contributed by atoms with Gasteiger partial charge in [-0.3, -0.25) is 14.4 Å². The van der Waals surface area contributed by atoms with Gasteiger partial charge in [0.25, 0.3) is 5.91 Å². The van der Waals surface area contributed by atoms with Crippen molar-refractivity contribution < 1.29 is 23.5 Å². The van der Waals surface area contributed by atoms with Crippen molar-refractivity contribution in [3.63, 3.8) is 0 Å². The van der Waals surface area contributed by atoms with E-state index in [-0.39, 0.29) is 28.9 Å². The van der Waals surface area contributed by atoms with Gasteiger partial charge in [0, 0.05) is 34.4 Å². The topological polar surface area (TPSA) is 123 Å². The fourth-order valence-corrected chi connectivity index (χ4v) is 6.13. The van der Waals surface area contributed by atoms with Gasteiger partial charge >= 0.3 is 0 Å². The number of anilines is 1. The van der Waals surface area contributed by atoms with Gasteiger partial charge < -0.3 is 26.4 Å². The Morgan fingerprint density at radius 1 is 1.23 bits per heavy atom. The molecule has 0 spiro atoms. The molecule has 2 aromatic carbocycles. The van der Waals surface area contributed by atoms with Gasteiger partial charge in [0.15, 0.2) is 0 Å². The average Bonchev–Trinajstić information content (AvgIpc) is 2.90. The minimum Gasteiger partial charge on any atom is -0.495 e. The lowest BCUT2D eigenvalue weighted by Gasteiger charge is -2.42. The van der Waals surface area contributed by atoms with Crippen molar-refractivity contribution in [2.24, 2.45) is 17.6 Å². The number of hydrogen-bond donors (Lipinski definition) is 4. The number of benzene rings is 2. The number of dihydropyridines is 1. The van der Waals surface area contributed by atoms with Crippen LogP contribution in [-0.2, 0) is 20.8 Å². The van der Waals surface area contributed by atoms with Gasteiger partial charge in [0.05, 0.1) is 18.2 Å². The number of ether oxygens (including phenoxy) is 1. The van der Waals surface area contributed by atoms with Crippen LogP contribution in [0.3, 0.4) is 0 Å². The van der Waals surface area contributed by atoms with E-state index in [2.05, 4.69) is 16.0 Å². The van der Waals surface area contributed by atoms with Crippen molar-refractivity contribution >= 4 is 35.7 Å². The Bertz CT molecular complexity index is 1340. The Labute approximate surface area is 231 Å². The minimum absolute atomic E-state index is 0.185. The lowest BCUT2D eigenvalue weighted by atomic mass is 9.74. The second-order valence-corrected chi connectivity index (χ2v) is 11.0. The summed E-state index contributed by atoms with van der Waals surface area (Å²) < 4.78 is 19.1. The number of nitrogens with two attached hydrogens (primary N) is 1. The quantitative estimate of drug-likeness (QED) is 0.333. The van der Waals surface area contributed by atoms with Crippen LogP contribution in [0.2, 0.25) is 0 Å². The van der Waals surface area contributed by atoms with Crippen LogP contribution in [0.1, 0.15) is 37.3 Å². The molecule has 0 saturated carbocycles. The van der Waals surface area contributed by atoms with Crippen LogP contribution in [-0.4, -0.2) is 37.0 Å². The molecule has 3 atom stereocenters. The maximum Gasteiger partial charge on any atom is 0.250 e. The summed E-state index contributed by atoms with van der Waals surface area (Å²) >= 11 is 1.52. The molecule has 10 heteroatoms. The van der Waals surface area contributed by atoms with Crippen molar-refractivity contribution in [2.75, 3.05) is 18.7 Å². The monoisotopic (exact) mass is 552 g/mol. The molecule has 0 saturated heterocycles. The predicted octanol–water partition coefficient (Wildman–Crippen LogP) is 3.81. The standard InChI is InChI=1S/C29H33FN4O4S/c1-15(2)11-21-24(27(31)36)23(17-7-10-20(32-14-35)22(13-17)38-3)25-26(33-21)19(29(39-4)34-28(25)37)12-16-5-8-18(30)9-6-16/h5-10,13-15,19,23,29,33H,11-12H2,1-4H3,(H2,31,36)(H,32,35)(H,34,37). The highest BCUT2D eigenvalue weighted by molar-refractivity contribution is 7.99. The summed E-state index contributed by atoms with van der Waals surface area (Å²) in [5, 5.41) is 8.93. The number of primary amides is 1. The number of rotatable bonds is 10. The minimum atomic E-state index is -0.759. The average molecular weight is 553 g/mol. The first-order chi connectivity index (χ1) is 18.7. The number of carbonyl (C=O) groups excluding carboxylic acids is 3. The molecule has 206 valence electrons. The molecule has 3 amide bonds. The van der Waals surface area contributed by atoms with Crippen LogP contribution < -0.4 is 26.4 Å². The van der Waals surface area contributed by atoms with Crippen LogP contribution >= 0.6 is 11.8 Å². The Hall–Kier alpha value is -3.79. The summed E-state index contributed by atoms with van der Waals surface area (Å²) in [4.78, 5) is 37.8. The lowest BCUT2D eigenvalue weighted by Crippen LogP contribution is -2.51. The summed E-state index contributed by atoms with van der Waals surface area (Å²) in [5.74, 6) is -1.60. The van der Waals surface area contributed by atoms with Crippen LogP contribution in [0, 0.1) is 17.7 Å². The fourth-order valence-electron chi connectivity index (χ4n) is 5.35. The molecule has 0 aliphatic carbocycles. The van der Waals surface area contributed by atoms with E-state index in [4.69, 9.17) is 10.5 Å². The maximum atomic E-state index is 13.7. The first kappa shape index (κ1) is 28.2. The molecular formula is C29H33FN4O4S. The van der Waals surface area contributed by atoms with Gasteiger partial charge in [-0.25, -0.2) is 4.39 Å². The second kappa shape index (κ2) is 11.9. The zero-order valence-corrected chi connectivity index (χ0v) is 23.2. The van der Waals surface area contributed by atoms with E-state index in [0.717, 1.165) is 11.3 Å². The number of halogens is 1. The van der Waals surface area contributed by atoms with Gasteiger partial charge in [-0.2, -0.15) is 0 Å². The molecule has 39 heavy (non-hydrogen) atoms. The predicted molar refractivity (Wildman–Crippen MR) is 150 cm³/mol. The number of carbonyl (C=O) groups is 3. The third-order valence-corrected chi connectivity index (χ3v) is 7.96. The molecular weight excluding hydrogens is 519 g/mol. The number of amides is 3. The molecule has 0 bridgehead atoms. The number of allylic oxidation sites excluding steroid dienone is 1. The Kier molecular flexibility index (Phi) is 8.64. The first-order valence-electron chi connectivity index (χ1n) is 12.7. The van der Waals surface area contributed by atoms with Crippen LogP contribution in [0.15, 0.2) is 65.0 Å². The zero-order chi connectivity index (χ0) is 28.3. The van der Waals surface area contributed by atoms with Crippen LogP contribution in [0.25, 0.3) is 0 Å². The summed E-state index contributed by atoms with van der Waals surface area (Å²) in [6, 6.07) is 11.5. The molecule has 2 aliphatic rings. The van der Waals surface area contributed by atoms with E-state index in [1.165, 1.54) is 31.0 Å². The summed E-state index contributed by atoms with van der Waals surface area (Å²) in [7, 11) is 1.48. The number of thioether (sulfide) groups is 1. The Balaban J connectivity index is 1.94. The third-order valence-electron chi connectivity index (χ3n) is 7.01. The highest BCUT2D eigenvalue weighted by Gasteiger charge is 2.45. The van der Waals surface area contributed by atoms with E-state index in [9.17, 15) is 18.8 Å². The normalized spacial score (nSPS) is 20.8. The molecule has 3 unspecified atom stereocenters. The number of nitrogens with one attached hydrogen (secondary N) is 3. The molecule has 0 aromatic heterocycles. The molecule has 4 rings (SSSR count). The molecule has 5 N–H and O–H groups in total. The van der Waals surface area contributed by atoms with E-state index in [1.807, 2.05) is 20.1 Å². The van der Waals surface area contributed by atoms with Crippen molar-refractivity contribution in [2.45, 2.75) is 38.0 Å². The molecule has 2 heterocycles. The first-order valence-corrected chi connectivity index (χ1v) is 14.0. The smallest absolute Gasteiger partial charge is 0.250 e. The summed E-state index contributed by atoms with van der Waals surface area (Å²) in [5.41, 5.74) is 10.1. The van der Waals surface area contributed by atoms with E-state index in [0.29, 0.717) is 53.1 Å². The lowest BCUT2D eigenvalue weighted by molar-refractivity contribution is -0.119. The van der Waals surface area contributed by atoms with Gasteiger partial charge in [-0.1, -0.05) is 32.0 Å². The van der Waals surface area contributed by atoms with E-state index in [1.54, 1.807) is 30.3 Å². The Morgan fingerprint density at radius 3 is 2.54 bits per heavy atom. The number of methoxy groups -OCH3 is 1. The zero-order valence-electron chi connectivity index (χ0n) is 22.3. The summed E-state index contributed by atoms with van der Waals surface area (Å²) in [6.45, 7) is 4.09. The van der Waals surface area contributed by atoms with Gasteiger partial charge in [0.1, 0.15) is 11.6 Å². The van der Waals surface area contributed by atoms with Crippen molar-refractivity contribution in [3.05, 3.63) is 81.9 Å². The third kappa shape index (κ3) is 5.80. The second-order valence-electron chi connectivity index (χ2n) is 10.0. The van der Waals surface area contributed by atoms with Gasteiger partial charge in [0.2, 0.25) is 12.3 Å². The molecule has 2 aromatic rings. The van der Waals surface area contributed by atoms with Crippen molar-refractivity contribution in [1.82, 2.24) is 10.6 Å². The SMILES string of the molecule is COc1cc(C2C(C(N)=O)=C(CC(C)C)NC3=C2C(=O)NC(SC)C3Cc2ccc(F)cc2)ccc1NC=O. The largest absolute Gasteiger partial charge is 0.495 e. The van der Waals surface area contributed by atoms with Gasteiger partial charge in [-0.05, 0) is 60.4 Å². The van der Waals surface area contributed by atoms with E-state index < -0.39 is 11.8 Å². The van der Waals surface area contributed by atoms with Crippen LogP contribution in [0.4, 0.5) is 10.1 Å². The number of hydrogen-bond acceptors (Lipinski definition) is 6. The van der Waals surface area contributed by atoms with Crippen molar-refractivity contribution in [3.8, 4) is 5.75 Å². The summed E-state index contributed by atoms with van der Waals surface area (Å²) in [6.07, 6.45) is 3.56. The Morgan fingerprint density at radius 2 is 1.95 bits per heavy atom. The van der Waals surface area contributed by atoms with Gasteiger partial charge in [-0.15, -0.1) is 11.8 Å². The maximum absolute atomic E-state index is 13.7. The molecule has 2 aliphatic heterocycles. The fraction of sp³-hybridized carbons (Fsp3) is 0.345.